The number of carbonyl (C=O) groups is 1. The normalized spacial score (nSPS) is 17.8. The number of hydrogen-bond acceptors (Lipinski definition) is 4. The summed E-state index contributed by atoms with van der Waals surface area (Å²) >= 11 is 3.49. The van der Waals surface area contributed by atoms with Crippen molar-refractivity contribution in [3.05, 3.63) is 58.8 Å². The minimum Gasteiger partial charge on any atom is -0.376 e. The van der Waals surface area contributed by atoms with Crippen LogP contribution in [0.1, 0.15) is 30.1 Å². The molecule has 1 aliphatic heterocycles. The molecule has 0 saturated carbocycles. The van der Waals surface area contributed by atoms with Gasteiger partial charge >= 0.3 is 0 Å². The van der Waals surface area contributed by atoms with Crippen LogP contribution in [0.2, 0.25) is 0 Å². The van der Waals surface area contributed by atoms with E-state index in [0.29, 0.717) is 5.56 Å². The minimum atomic E-state index is -0.117. The lowest BCUT2D eigenvalue weighted by molar-refractivity contribution is 0.0713. The molecular weight excluding hydrogens is 406 g/mol. The van der Waals surface area contributed by atoms with Gasteiger partial charge in [0.2, 0.25) is 0 Å². The number of pyridine rings is 2. The van der Waals surface area contributed by atoms with Crippen molar-refractivity contribution >= 4 is 32.7 Å². The summed E-state index contributed by atoms with van der Waals surface area (Å²) in [6.45, 7) is 2.76. The number of carbonyl (C=O) groups excluding carboxylic acids is 1. The van der Waals surface area contributed by atoms with E-state index in [4.69, 9.17) is 9.72 Å². The second kappa shape index (κ2) is 7.74. The highest BCUT2D eigenvalue weighted by atomic mass is 79.9. The fraction of sp³-hybridized carbons (Fsp3) is 0.286. The van der Waals surface area contributed by atoms with E-state index in [1.165, 1.54) is 0 Å². The second-order valence-corrected chi connectivity index (χ2v) is 7.69. The van der Waals surface area contributed by atoms with Gasteiger partial charge in [-0.3, -0.25) is 9.78 Å². The third-order valence-electron chi connectivity index (χ3n) is 4.85. The van der Waals surface area contributed by atoms with Crippen molar-refractivity contribution in [3.8, 4) is 11.3 Å². The van der Waals surface area contributed by atoms with E-state index in [0.717, 1.165) is 46.1 Å². The van der Waals surface area contributed by atoms with Crippen LogP contribution >= 0.6 is 15.9 Å². The Balaban J connectivity index is 1.75. The summed E-state index contributed by atoms with van der Waals surface area (Å²) in [6.07, 6.45) is 5.57. The van der Waals surface area contributed by atoms with Gasteiger partial charge < -0.3 is 10.1 Å². The molecule has 4 rings (SSSR count). The van der Waals surface area contributed by atoms with Crippen LogP contribution in [-0.2, 0) is 4.74 Å². The van der Waals surface area contributed by atoms with Crippen molar-refractivity contribution in [2.45, 2.75) is 31.9 Å². The molecule has 0 spiro atoms. The topological polar surface area (TPSA) is 64.1 Å². The molecule has 1 amide bonds. The number of fused-ring (bicyclic) bond motifs is 1. The smallest absolute Gasteiger partial charge is 0.252 e. The average Bonchev–Trinajstić information content (AvgIpc) is 3.23. The number of halogens is 1. The highest BCUT2D eigenvalue weighted by Crippen LogP contribution is 2.27. The summed E-state index contributed by atoms with van der Waals surface area (Å²) in [4.78, 5) is 22.0. The number of benzene rings is 1. The fourth-order valence-corrected chi connectivity index (χ4v) is 3.78. The molecule has 0 aliphatic carbocycles. The lowest BCUT2D eigenvalue weighted by Crippen LogP contribution is -2.40. The van der Waals surface area contributed by atoms with Gasteiger partial charge in [-0.1, -0.05) is 15.9 Å². The van der Waals surface area contributed by atoms with Gasteiger partial charge in [0.1, 0.15) is 0 Å². The molecule has 3 aromatic rings. The molecule has 0 radical (unpaired) electrons. The number of hydrogen-bond donors (Lipinski definition) is 1. The zero-order valence-corrected chi connectivity index (χ0v) is 16.6. The van der Waals surface area contributed by atoms with Crippen molar-refractivity contribution in [2.75, 3.05) is 6.61 Å². The van der Waals surface area contributed by atoms with Gasteiger partial charge in [0.15, 0.2) is 0 Å². The fourth-order valence-electron chi connectivity index (χ4n) is 3.42. The van der Waals surface area contributed by atoms with Crippen molar-refractivity contribution in [3.63, 3.8) is 0 Å². The number of amides is 1. The van der Waals surface area contributed by atoms with Crippen LogP contribution in [0.15, 0.2) is 53.3 Å². The van der Waals surface area contributed by atoms with E-state index in [1.807, 2.05) is 43.3 Å². The van der Waals surface area contributed by atoms with Crippen LogP contribution in [0, 0.1) is 0 Å². The highest BCUT2D eigenvalue weighted by molar-refractivity contribution is 9.10. The van der Waals surface area contributed by atoms with E-state index in [2.05, 4.69) is 26.2 Å². The molecule has 2 aromatic heterocycles. The van der Waals surface area contributed by atoms with Crippen LogP contribution in [-0.4, -0.2) is 34.6 Å². The molecule has 0 unspecified atom stereocenters. The van der Waals surface area contributed by atoms with Gasteiger partial charge in [0, 0.05) is 34.4 Å². The van der Waals surface area contributed by atoms with E-state index in [-0.39, 0.29) is 18.1 Å². The summed E-state index contributed by atoms with van der Waals surface area (Å²) in [5.41, 5.74) is 2.98. The molecular formula is C21H20BrN3O2. The summed E-state index contributed by atoms with van der Waals surface area (Å²) in [5, 5.41) is 3.92. The van der Waals surface area contributed by atoms with E-state index < -0.39 is 0 Å². The van der Waals surface area contributed by atoms with Gasteiger partial charge in [-0.15, -0.1) is 0 Å². The van der Waals surface area contributed by atoms with E-state index in [1.54, 1.807) is 12.4 Å². The number of aromatic nitrogens is 2. The molecule has 3 heterocycles. The van der Waals surface area contributed by atoms with Crippen molar-refractivity contribution in [1.82, 2.24) is 15.3 Å². The molecule has 5 nitrogen and oxygen atoms in total. The van der Waals surface area contributed by atoms with Crippen LogP contribution in [0.3, 0.4) is 0 Å². The van der Waals surface area contributed by atoms with Crippen LogP contribution in [0.4, 0.5) is 0 Å². The number of rotatable bonds is 4. The van der Waals surface area contributed by atoms with Gasteiger partial charge in [0.05, 0.1) is 28.9 Å². The quantitative estimate of drug-likeness (QED) is 0.674. The molecule has 1 saturated heterocycles. The van der Waals surface area contributed by atoms with Crippen LogP contribution in [0.5, 0.6) is 0 Å². The van der Waals surface area contributed by atoms with Gasteiger partial charge in [0.25, 0.3) is 5.91 Å². The second-order valence-electron chi connectivity index (χ2n) is 6.77. The Morgan fingerprint density at radius 3 is 2.96 bits per heavy atom. The lowest BCUT2D eigenvalue weighted by atomic mass is 10.0. The van der Waals surface area contributed by atoms with E-state index in [9.17, 15) is 4.79 Å². The predicted molar refractivity (Wildman–Crippen MR) is 109 cm³/mol. The SMILES string of the molecule is C[C@H](NC(=O)c1cc(-c2cccnc2)nc2ccc(Br)cc12)[C@H]1CCCO1. The first-order chi connectivity index (χ1) is 13.1. The van der Waals surface area contributed by atoms with Crippen LogP contribution in [0.25, 0.3) is 22.2 Å². The first-order valence-electron chi connectivity index (χ1n) is 9.05. The molecule has 6 heteroatoms. The molecule has 1 aliphatic rings. The Hall–Kier alpha value is -2.31. The maximum Gasteiger partial charge on any atom is 0.252 e. The third-order valence-corrected chi connectivity index (χ3v) is 5.35. The van der Waals surface area contributed by atoms with Crippen molar-refractivity contribution in [1.29, 1.82) is 0 Å². The Labute approximate surface area is 166 Å². The average molecular weight is 426 g/mol. The van der Waals surface area contributed by atoms with Crippen molar-refractivity contribution in [2.24, 2.45) is 0 Å². The van der Waals surface area contributed by atoms with Crippen LogP contribution < -0.4 is 5.32 Å². The van der Waals surface area contributed by atoms with Gasteiger partial charge in [-0.25, -0.2) is 4.98 Å². The number of nitrogens with one attached hydrogen (secondary N) is 1. The first kappa shape index (κ1) is 18.1. The first-order valence-corrected chi connectivity index (χ1v) is 9.84. The summed E-state index contributed by atoms with van der Waals surface area (Å²) in [6, 6.07) is 11.4. The molecule has 1 N–H and O–H groups in total. The monoisotopic (exact) mass is 425 g/mol. The largest absolute Gasteiger partial charge is 0.376 e. The van der Waals surface area contributed by atoms with Gasteiger partial charge in [-0.05, 0) is 56.2 Å². The van der Waals surface area contributed by atoms with E-state index >= 15 is 0 Å². The Morgan fingerprint density at radius 1 is 1.33 bits per heavy atom. The zero-order chi connectivity index (χ0) is 18.8. The zero-order valence-electron chi connectivity index (χ0n) is 15.0. The number of nitrogens with zero attached hydrogens (tertiary/aromatic N) is 2. The molecule has 138 valence electrons. The Bertz CT molecular complexity index is 972. The Kier molecular flexibility index (Phi) is 5.18. The Morgan fingerprint density at radius 2 is 2.22 bits per heavy atom. The molecule has 1 aromatic carbocycles. The third kappa shape index (κ3) is 3.87. The maximum absolute atomic E-state index is 13.1. The summed E-state index contributed by atoms with van der Waals surface area (Å²) in [7, 11) is 0. The molecule has 27 heavy (non-hydrogen) atoms. The predicted octanol–water partition coefficient (Wildman–Crippen LogP) is 4.36. The van der Waals surface area contributed by atoms with Gasteiger partial charge in [-0.2, -0.15) is 0 Å². The number of ether oxygens (including phenoxy) is 1. The standard InChI is InChI=1S/C21H20BrN3O2/c1-13(20-5-3-9-27-20)24-21(26)17-11-19(14-4-2-8-23-12-14)25-18-7-6-15(22)10-16(17)18/h2,4,6-8,10-13,20H,3,5,9H2,1H3,(H,24,26)/t13-,20+/m0/s1. The maximum atomic E-state index is 13.1. The lowest BCUT2D eigenvalue weighted by Gasteiger charge is -2.20. The summed E-state index contributed by atoms with van der Waals surface area (Å²) in [5.74, 6) is -0.117. The highest BCUT2D eigenvalue weighted by Gasteiger charge is 2.25. The molecule has 0 bridgehead atoms. The molecule has 1 fully saturated rings. The molecule has 2 atom stereocenters. The summed E-state index contributed by atoms with van der Waals surface area (Å²) < 4.78 is 6.62. The minimum absolute atomic E-state index is 0.0442. The van der Waals surface area contributed by atoms with Crippen molar-refractivity contribution < 1.29 is 9.53 Å².